The summed E-state index contributed by atoms with van der Waals surface area (Å²) in [5.74, 6) is 1.43. The van der Waals surface area contributed by atoms with Crippen LogP contribution in [0.5, 0.6) is 0 Å². The van der Waals surface area contributed by atoms with E-state index in [4.69, 9.17) is 10.2 Å². The van der Waals surface area contributed by atoms with Gasteiger partial charge in [0.15, 0.2) is 11.7 Å². The summed E-state index contributed by atoms with van der Waals surface area (Å²) in [5, 5.41) is 0. The average molecular weight is 206 g/mol. The molecule has 0 aliphatic carbocycles. The predicted molar refractivity (Wildman–Crippen MR) is 56.1 cm³/mol. The lowest BCUT2D eigenvalue weighted by molar-refractivity contribution is 0.498. The van der Waals surface area contributed by atoms with Gasteiger partial charge >= 0.3 is 0 Å². The summed E-state index contributed by atoms with van der Waals surface area (Å²) in [6, 6.07) is 0. The summed E-state index contributed by atoms with van der Waals surface area (Å²) in [4.78, 5) is 8.35. The second kappa shape index (κ2) is 4.27. The van der Waals surface area contributed by atoms with Gasteiger partial charge in [-0.2, -0.15) is 0 Å². The fraction of sp³-hybridized carbons (Fsp3) is 0.400. The van der Waals surface area contributed by atoms with Crippen LogP contribution >= 0.6 is 0 Å². The van der Waals surface area contributed by atoms with Gasteiger partial charge in [-0.3, -0.25) is 0 Å². The molecule has 0 aliphatic rings. The molecule has 0 amide bonds. The Morgan fingerprint density at radius 2 is 2.33 bits per heavy atom. The van der Waals surface area contributed by atoms with Crippen LogP contribution in [0.3, 0.4) is 0 Å². The molecule has 0 radical (unpaired) electrons. The first kappa shape index (κ1) is 9.92. The maximum Gasteiger partial charge on any atom is 0.195 e. The molecule has 2 N–H and O–H groups in total. The summed E-state index contributed by atoms with van der Waals surface area (Å²) in [6.07, 6.45) is 7.00. The third kappa shape index (κ3) is 2.24. The van der Waals surface area contributed by atoms with Crippen LogP contribution < -0.4 is 5.73 Å². The first-order valence-corrected chi connectivity index (χ1v) is 4.92. The molecule has 0 aliphatic heterocycles. The Labute approximate surface area is 87.9 Å². The highest BCUT2D eigenvalue weighted by Crippen LogP contribution is 2.18. The number of aromatic nitrogens is 3. The Balaban J connectivity index is 2.13. The zero-order valence-corrected chi connectivity index (χ0v) is 8.68. The Bertz CT molecular complexity index is 432. The van der Waals surface area contributed by atoms with E-state index in [1.807, 2.05) is 17.8 Å². The summed E-state index contributed by atoms with van der Waals surface area (Å²) >= 11 is 0. The lowest BCUT2D eigenvalue weighted by Crippen LogP contribution is -2.00. The van der Waals surface area contributed by atoms with E-state index in [9.17, 15) is 0 Å². The molecule has 0 unspecified atom stereocenters. The molecule has 5 heteroatoms. The fourth-order valence-corrected chi connectivity index (χ4v) is 1.34. The van der Waals surface area contributed by atoms with Gasteiger partial charge in [-0.05, 0) is 13.0 Å². The van der Waals surface area contributed by atoms with Crippen LogP contribution in [-0.4, -0.2) is 21.1 Å². The molecule has 0 bridgehead atoms. The summed E-state index contributed by atoms with van der Waals surface area (Å²) in [7, 11) is 1.92. The van der Waals surface area contributed by atoms with E-state index in [0.717, 1.165) is 24.4 Å². The van der Waals surface area contributed by atoms with Crippen molar-refractivity contribution in [1.29, 1.82) is 0 Å². The monoisotopic (exact) mass is 206 g/mol. The van der Waals surface area contributed by atoms with Crippen molar-refractivity contribution in [2.45, 2.75) is 12.8 Å². The quantitative estimate of drug-likeness (QED) is 0.809. The van der Waals surface area contributed by atoms with E-state index in [-0.39, 0.29) is 0 Å². The number of oxazole rings is 1. The highest BCUT2D eigenvalue weighted by Gasteiger charge is 2.07. The number of imidazole rings is 1. The van der Waals surface area contributed by atoms with Crippen LogP contribution in [0.25, 0.3) is 11.5 Å². The van der Waals surface area contributed by atoms with Gasteiger partial charge in [0.05, 0.1) is 12.5 Å². The number of nitrogens with zero attached hydrogens (tertiary/aromatic N) is 3. The standard InChI is InChI=1S/C10H14N4O/c1-14-6-8(13-7-14)9-5-12-10(15-9)3-2-4-11/h5-7H,2-4,11H2,1H3. The van der Waals surface area contributed by atoms with Crippen LogP contribution in [0.2, 0.25) is 0 Å². The second-order valence-electron chi connectivity index (χ2n) is 3.43. The molecule has 0 fully saturated rings. The van der Waals surface area contributed by atoms with Crippen molar-refractivity contribution in [2.75, 3.05) is 6.54 Å². The summed E-state index contributed by atoms with van der Waals surface area (Å²) < 4.78 is 7.42. The molecule has 2 aromatic heterocycles. The minimum atomic E-state index is 0.654. The van der Waals surface area contributed by atoms with Gasteiger partial charge in [0, 0.05) is 19.7 Å². The summed E-state index contributed by atoms with van der Waals surface area (Å²) in [5.41, 5.74) is 6.22. The van der Waals surface area contributed by atoms with Gasteiger partial charge in [-0.25, -0.2) is 9.97 Å². The van der Waals surface area contributed by atoms with Crippen molar-refractivity contribution < 1.29 is 4.42 Å². The highest BCUT2D eigenvalue weighted by atomic mass is 16.4. The zero-order chi connectivity index (χ0) is 10.7. The number of nitrogens with two attached hydrogens (primary N) is 1. The summed E-state index contributed by atoms with van der Waals surface area (Å²) in [6.45, 7) is 0.654. The Morgan fingerprint density at radius 1 is 1.47 bits per heavy atom. The van der Waals surface area contributed by atoms with E-state index in [2.05, 4.69) is 9.97 Å². The number of rotatable bonds is 4. The number of hydrogen-bond donors (Lipinski definition) is 1. The van der Waals surface area contributed by atoms with Crippen molar-refractivity contribution in [3.63, 3.8) is 0 Å². The first-order valence-electron chi connectivity index (χ1n) is 4.92. The second-order valence-corrected chi connectivity index (χ2v) is 3.43. The fourth-order valence-electron chi connectivity index (χ4n) is 1.34. The van der Waals surface area contributed by atoms with Gasteiger partial charge in [-0.15, -0.1) is 0 Å². The molecular weight excluding hydrogens is 192 g/mol. The lowest BCUT2D eigenvalue weighted by Gasteiger charge is -1.91. The Kier molecular flexibility index (Phi) is 2.82. The van der Waals surface area contributed by atoms with Crippen LogP contribution in [0.4, 0.5) is 0 Å². The van der Waals surface area contributed by atoms with Crippen molar-refractivity contribution in [3.05, 3.63) is 24.6 Å². The number of aryl methyl sites for hydroxylation is 2. The minimum absolute atomic E-state index is 0.654. The van der Waals surface area contributed by atoms with Crippen molar-refractivity contribution >= 4 is 0 Å². The van der Waals surface area contributed by atoms with Crippen LogP contribution in [-0.2, 0) is 13.5 Å². The molecular formula is C10H14N4O. The highest BCUT2D eigenvalue weighted by molar-refractivity contribution is 5.48. The van der Waals surface area contributed by atoms with Gasteiger partial charge in [-0.1, -0.05) is 0 Å². The van der Waals surface area contributed by atoms with Crippen LogP contribution in [0, 0.1) is 0 Å². The van der Waals surface area contributed by atoms with Gasteiger partial charge < -0.3 is 14.7 Å². The smallest absolute Gasteiger partial charge is 0.195 e. The van der Waals surface area contributed by atoms with Crippen molar-refractivity contribution in [2.24, 2.45) is 12.8 Å². The molecule has 5 nitrogen and oxygen atoms in total. The van der Waals surface area contributed by atoms with Crippen LogP contribution in [0.1, 0.15) is 12.3 Å². The van der Waals surface area contributed by atoms with Crippen molar-refractivity contribution in [3.8, 4) is 11.5 Å². The van der Waals surface area contributed by atoms with E-state index in [1.165, 1.54) is 0 Å². The molecule has 2 heterocycles. The van der Waals surface area contributed by atoms with Crippen molar-refractivity contribution in [1.82, 2.24) is 14.5 Å². The Morgan fingerprint density at radius 3 is 3.00 bits per heavy atom. The predicted octanol–water partition coefficient (Wildman–Crippen LogP) is 0.966. The lowest BCUT2D eigenvalue weighted by atomic mass is 10.3. The molecule has 0 saturated carbocycles. The number of hydrogen-bond acceptors (Lipinski definition) is 4. The van der Waals surface area contributed by atoms with E-state index >= 15 is 0 Å². The maximum absolute atomic E-state index is 5.54. The molecule has 15 heavy (non-hydrogen) atoms. The third-order valence-corrected chi connectivity index (χ3v) is 2.11. The molecule has 2 rings (SSSR count). The molecule has 0 atom stereocenters. The van der Waals surface area contributed by atoms with Gasteiger partial charge in [0.25, 0.3) is 0 Å². The largest absolute Gasteiger partial charge is 0.439 e. The Hall–Kier alpha value is -1.62. The zero-order valence-electron chi connectivity index (χ0n) is 8.68. The van der Waals surface area contributed by atoms with Crippen LogP contribution in [0.15, 0.2) is 23.1 Å². The average Bonchev–Trinajstić information content (AvgIpc) is 2.83. The first-order chi connectivity index (χ1) is 7.29. The van der Waals surface area contributed by atoms with E-state index < -0.39 is 0 Å². The normalized spacial score (nSPS) is 10.8. The minimum Gasteiger partial charge on any atom is -0.439 e. The van der Waals surface area contributed by atoms with Gasteiger partial charge in [0.1, 0.15) is 5.69 Å². The SMILES string of the molecule is Cn1cnc(-c2cnc(CCCN)o2)c1. The molecule has 0 saturated heterocycles. The maximum atomic E-state index is 5.54. The topological polar surface area (TPSA) is 69.9 Å². The molecule has 80 valence electrons. The molecule has 0 aromatic carbocycles. The van der Waals surface area contributed by atoms with E-state index in [1.54, 1.807) is 12.5 Å². The third-order valence-electron chi connectivity index (χ3n) is 2.11. The van der Waals surface area contributed by atoms with E-state index in [0.29, 0.717) is 12.3 Å². The molecule has 0 spiro atoms. The molecule has 2 aromatic rings. The van der Waals surface area contributed by atoms with Gasteiger partial charge in [0.2, 0.25) is 0 Å².